The maximum Gasteiger partial charge on any atom is 0.309 e. The van der Waals surface area contributed by atoms with E-state index in [0.29, 0.717) is 13.2 Å². The van der Waals surface area contributed by atoms with Gasteiger partial charge in [0.05, 0.1) is 12.5 Å². The molecule has 0 N–H and O–H groups in total. The zero-order chi connectivity index (χ0) is 12.1. The van der Waals surface area contributed by atoms with E-state index >= 15 is 0 Å². The summed E-state index contributed by atoms with van der Waals surface area (Å²) in [5.41, 5.74) is 1.00. The van der Waals surface area contributed by atoms with Crippen LogP contribution >= 0.6 is 0 Å². The van der Waals surface area contributed by atoms with E-state index in [0.717, 1.165) is 30.6 Å². The monoisotopic (exact) mass is 234 g/mol. The van der Waals surface area contributed by atoms with Crippen molar-refractivity contribution >= 4 is 5.97 Å². The molecule has 0 aromatic heterocycles. The van der Waals surface area contributed by atoms with Crippen molar-refractivity contribution in [2.24, 2.45) is 5.92 Å². The Bertz CT molecular complexity index is 366. The maximum atomic E-state index is 11.5. The first-order valence-electron chi connectivity index (χ1n) is 6.18. The molecule has 0 amide bonds. The minimum Gasteiger partial charge on any atom is -0.494 e. The summed E-state index contributed by atoms with van der Waals surface area (Å²) < 4.78 is 10.6. The lowest BCUT2D eigenvalue weighted by molar-refractivity contribution is -0.152. The minimum atomic E-state index is -0.0508. The number of esters is 1. The van der Waals surface area contributed by atoms with Gasteiger partial charge in [-0.25, -0.2) is 0 Å². The second-order valence-electron chi connectivity index (χ2n) is 4.31. The first kappa shape index (κ1) is 12.0. The number of hydrogen-bond acceptors (Lipinski definition) is 3. The molecule has 1 aliphatic carbocycles. The zero-order valence-electron chi connectivity index (χ0n) is 10.1. The fraction of sp³-hybridized carbons (Fsp3) is 0.500. The molecular weight excluding hydrogens is 216 g/mol. The van der Waals surface area contributed by atoms with Crippen LogP contribution < -0.4 is 4.74 Å². The van der Waals surface area contributed by atoms with Crippen LogP contribution in [0, 0.1) is 5.92 Å². The van der Waals surface area contributed by atoms with Crippen molar-refractivity contribution in [1.29, 1.82) is 0 Å². The lowest BCUT2D eigenvalue weighted by atomic mass is 9.86. The smallest absolute Gasteiger partial charge is 0.309 e. The summed E-state index contributed by atoms with van der Waals surface area (Å²) in [5, 5.41) is 0. The molecule has 1 saturated carbocycles. The SMILES string of the molecule is CCOc1ccc(COC(=O)C2CCC2)cc1. The molecule has 0 radical (unpaired) electrons. The molecule has 0 saturated heterocycles. The lowest BCUT2D eigenvalue weighted by Gasteiger charge is -2.23. The van der Waals surface area contributed by atoms with E-state index in [1.54, 1.807) is 0 Å². The Kier molecular flexibility index (Phi) is 4.02. The van der Waals surface area contributed by atoms with E-state index in [2.05, 4.69) is 0 Å². The summed E-state index contributed by atoms with van der Waals surface area (Å²) in [5.74, 6) is 0.949. The first-order valence-corrected chi connectivity index (χ1v) is 6.18. The number of benzene rings is 1. The highest BCUT2D eigenvalue weighted by atomic mass is 16.5. The summed E-state index contributed by atoms with van der Waals surface area (Å²) in [4.78, 5) is 11.5. The Morgan fingerprint density at radius 2 is 2.00 bits per heavy atom. The largest absolute Gasteiger partial charge is 0.494 e. The molecule has 1 aromatic carbocycles. The van der Waals surface area contributed by atoms with Gasteiger partial charge in [0, 0.05) is 0 Å². The average Bonchev–Trinajstić information content (AvgIpc) is 2.26. The van der Waals surface area contributed by atoms with Crippen LogP contribution in [0.4, 0.5) is 0 Å². The predicted molar refractivity (Wildman–Crippen MR) is 64.7 cm³/mol. The molecule has 2 rings (SSSR count). The zero-order valence-corrected chi connectivity index (χ0v) is 10.1. The Labute approximate surface area is 102 Å². The van der Waals surface area contributed by atoms with Crippen LogP contribution in [0.1, 0.15) is 31.7 Å². The van der Waals surface area contributed by atoms with Crippen LogP contribution in [0.15, 0.2) is 24.3 Å². The molecule has 0 unspecified atom stereocenters. The molecule has 17 heavy (non-hydrogen) atoms. The van der Waals surface area contributed by atoms with Gasteiger partial charge in [-0.15, -0.1) is 0 Å². The van der Waals surface area contributed by atoms with Crippen molar-refractivity contribution in [2.75, 3.05) is 6.61 Å². The van der Waals surface area contributed by atoms with Crippen LogP contribution in [-0.2, 0) is 16.1 Å². The van der Waals surface area contributed by atoms with Crippen LogP contribution in [0.2, 0.25) is 0 Å². The van der Waals surface area contributed by atoms with Gasteiger partial charge in [0.15, 0.2) is 0 Å². The third kappa shape index (κ3) is 3.22. The molecule has 0 heterocycles. The highest BCUT2D eigenvalue weighted by Gasteiger charge is 2.26. The molecule has 92 valence electrons. The Balaban J connectivity index is 1.80. The van der Waals surface area contributed by atoms with Crippen molar-refractivity contribution < 1.29 is 14.3 Å². The molecule has 0 bridgehead atoms. The van der Waals surface area contributed by atoms with Gasteiger partial charge in [0.2, 0.25) is 0 Å². The molecule has 0 atom stereocenters. The first-order chi connectivity index (χ1) is 8.29. The third-order valence-electron chi connectivity index (χ3n) is 3.05. The molecule has 1 fully saturated rings. The van der Waals surface area contributed by atoms with Crippen LogP contribution in [0.3, 0.4) is 0 Å². The van der Waals surface area contributed by atoms with Gasteiger partial charge in [-0.2, -0.15) is 0 Å². The summed E-state index contributed by atoms with van der Waals surface area (Å²) in [6.07, 6.45) is 3.13. The van der Waals surface area contributed by atoms with Crippen molar-refractivity contribution in [3.8, 4) is 5.75 Å². The van der Waals surface area contributed by atoms with E-state index in [4.69, 9.17) is 9.47 Å². The number of ether oxygens (including phenoxy) is 2. The molecule has 3 heteroatoms. The van der Waals surface area contributed by atoms with E-state index in [-0.39, 0.29) is 11.9 Å². The molecule has 0 spiro atoms. The van der Waals surface area contributed by atoms with Crippen LogP contribution in [0.5, 0.6) is 5.75 Å². The number of rotatable bonds is 5. The number of carbonyl (C=O) groups is 1. The second kappa shape index (κ2) is 5.71. The quantitative estimate of drug-likeness (QED) is 0.735. The van der Waals surface area contributed by atoms with Crippen LogP contribution in [0.25, 0.3) is 0 Å². The van der Waals surface area contributed by atoms with E-state index < -0.39 is 0 Å². The number of hydrogen-bond donors (Lipinski definition) is 0. The van der Waals surface area contributed by atoms with Gasteiger partial charge in [0.1, 0.15) is 12.4 Å². The second-order valence-corrected chi connectivity index (χ2v) is 4.31. The highest BCUT2D eigenvalue weighted by Crippen LogP contribution is 2.27. The molecule has 1 aromatic rings. The van der Waals surface area contributed by atoms with Gasteiger partial charge in [-0.1, -0.05) is 18.6 Å². The maximum absolute atomic E-state index is 11.5. The average molecular weight is 234 g/mol. The highest BCUT2D eigenvalue weighted by molar-refractivity contribution is 5.73. The van der Waals surface area contributed by atoms with E-state index in [1.807, 2.05) is 31.2 Å². The lowest BCUT2D eigenvalue weighted by Crippen LogP contribution is -2.23. The van der Waals surface area contributed by atoms with Crippen molar-refractivity contribution in [3.05, 3.63) is 29.8 Å². The Hall–Kier alpha value is -1.51. The van der Waals surface area contributed by atoms with Crippen molar-refractivity contribution in [1.82, 2.24) is 0 Å². The number of carbonyl (C=O) groups excluding carboxylic acids is 1. The molecule has 1 aliphatic rings. The summed E-state index contributed by atoms with van der Waals surface area (Å²) in [6, 6.07) is 7.66. The van der Waals surface area contributed by atoms with E-state index in [1.165, 1.54) is 0 Å². The van der Waals surface area contributed by atoms with Crippen molar-refractivity contribution in [2.45, 2.75) is 32.8 Å². The van der Waals surface area contributed by atoms with Gasteiger partial charge in [-0.05, 0) is 37.5 Å². The molecule has 0 aliphatic heterocycles. The standard InChI is InChI=1S/C14H18O3/c1-2-16-13-8-6-11(7-9-13)10-17-14(15)12-4-3-5-12/h6-9,12H,2-5,10H2,1H3. The fourth-order valence-corrected chi connectivity index (χ4v) is 1.76. The fourth-order valence-electron chi connectivity index (χ4n) is 1.76. The van der Waals surface area contributed by atoms with Crippen LogP contribution in [-0.4, -0.2) is 12.6 Å². The summed E-state index contributed by atoms with van der Waals surface area (Å²) >= 11 is 0. The summed E-state index contributed by atoms with van der Waals surface area (Å²) in [7, 11) is 0. The third-order valence-corrected chi connectivity index (χ3v) is 3.05. The van der Waals surface area contributed by atoms with Gasteiger partial charge >= 0.3 is 5.97 Å². The Morgan fingerprint density at radius 1 is 1.29 bits per heavy atom. The molecular formula is C14H18O3. The predicted octanol–water partition coefficient (Wildman–Crippen LogP) is 2.93. The van der Waals surface area contributed by atoms with Crippen molar-refractivity contribution in [3.63, 3.8) is 0 Å². The molecule has 3 nitrogen and oxygen atoms in total. The topological polar surface area (TPSA) is 35.5 Å². The summed E-state index contributed by atoms with van der Waals surface area (Å²) in [6.45, 7) is 2.98. The van der Waals surface area contributed by atoms with Gasteiger partial charge in [-0.3, -0.25) is 4.79 Å². The van der Waals surface area contributed by atoms with Gasteiger partial charge in [0.25, 0.3) is 0 Å². The normalized spacial score (nSPS) is 15.1. The Morgan fingerprint density at radius 3 is 2.53 bits per heavy atom. The van der Waals surface area contributed by atoms with Gasteiger partial charge < -0.3 is 9.47 Å². The van der Waals surface area contributed by atoms with E-state index in [9.17, 15) is 4.79 Å². The minimum absolute atomic E-state index is 0.0508.